The smallest absolute Gasteiger partial charge is 0.225 e. The molecule has 6 nitrogen and oxygen atoms in total. The number of amides is 1. The lowest BCUT2D eigenvalue weighted by Crippen LogP contribution is -2.52. The van der Waals surface area contributed by atoms with Crippen molar-refractivity contribution < 1.29 is 14.6 Å². The van der Waals surface area contributed by atoms with Gasteiger partial charge in [-0.05, 0) is 32.7 Å². The van der Waals surface area contributed by atoms with Crippen molar-refractivity contribution >= 4 is 5.91 Å². The average molecular weight is 325 g/mol. The summed E-state index contributed by atoms with van der Waals surface area (Å²) in [6.07, 6.45) is 2.97. The Hall–Kier alpha value is -0.690. The minimum absolute atomic E-state index is 0.126. The van der Waals surface area contributed by atoms with Crippen molar-refractivity contribution in [3.8, 4) is 0 Å². The number of ether oxygens (including phenoxy) is 1. The molecule has 3 aliphatic heterocycles. The molecule has 3 rings (SSSR count). The number of rotatable bonds is 2. The van der Waals surface area contributed by atoms with Crippen LogP contribution >= 0.6 is 0 Å². The monoisotopic (exact) mass is 325 g/mol. The first-order valence-corrected chi connectivity index (χ1v) is 9.12. The van der Waals surface area contributed by atoms with E-state index in [2.05, 4.69) is 16.8 Å². The third-order valence-corrected chi connectivity index (χ3v) is 5.72. The van der Waals surface area contributed by atoms with Crippen LogP contribution in [0, 0.1) is 5.92 Å². The highest BCUT2D eigenvalue weighted by molar-refractivity contribution is 5.79. The first-order chi connectivity index (χ1) is 11.1. The molecule has 6 heteroatoms. The van der Waals surface area contributed by atoms with Gasteiger partial charge in [-0.25, -0.2) is 0 Å². The number of carbonyl (C=O) groups excluding carboxylic acids is 1. The number of piperazine rings is 1. The Labute approximate surface area is 139 Å². The number of nitrogens with zero attached hydrogens (tertiary/aromatic N) is 3. The molecule has 23 heavy (non-hydrogen) atoms. The number of hydrogen-bond acceptors (Lipinski definition) is 5. The summed E-state index contributed by atoms with van der Waals surface area (Å²) in [5.41, 5.74) is 0. The van der Waals surface area contributed by atoms with Crippen molar-refractivity contribution in [3.63, 3.8) is 0 Å². The molecule has 0 aromatic rings. The Morgan fingerprint density at radius 1 is 0.957 bits per heavy atom. The van der Waals surface area contributed by atoms with Gasteiger partial charge in [0.25, 0.3) is 0 Å². The van der Waals surface area contributed by atoms with Gasteiger partial charge in [-0.3, -0.25) is 9.69 Å². The van der Waals surface area contributed by atoms with Gasteiger partial charge in [-0.15, -0.1) is 0 Å². The first-order valence-electron chi connectivity index (χ1n) is 9.12. The lowest BCUT2D eigenvalue weighted by atomic mass is 9.98. The molecule has 0 spiro atoms. The molecule has 0 unspecified atom stereocenters. The van der Waals surface area contributed by atoms with E-state index < -0.39 is 0 Å². The fourth-order valence-electron chi connectivity index (χ4n) is 4.08. The van der Waals surface area contributed by atoms with Crippen molar-refractivity contribution in [1.82, 2.24) is 14.7 Å². The summed E-state index contributed by atoms with van der Waals surface area (Å²) in [4.78, 5) is 19.5. The fraction of sp³-hybridized carbons (Fsp3) is 0.941. The van der Waals surface area contributed by atoms with Crippen LogP contribution in [0.4, 0.5) is 0 Å². The van der Waals surface area contributed by atoms with E-state index in [1.807, 2.05) is 4.90 Å². The van der Waals surface area contributed by atoms with E-state index in [1.165, 1.54) is 0 Å². The van der Waals surface area contributed by atoms with Gasteiger partial charge in [0.2, 0.25) is 5.91 Å². The summed E-state index contributed by atoms with van der Waals surface area (Å²) in [7, 11) is 2.15. The van der Waals surface area contributed by atoms with Crippen LogP contribution in [0.1, 0.15) is 25.7 Å². The molecule has 1 amide bonds. The molecule has 0 saturated carbocycles. The Morgan fingerprint density at radius 2 is 1.61 bits per heavy atom. The zero-order valence-corrected chi connectivity index (χ0v) is 14.3. The Bertz CT molecular complexity index is 393. The van der Waals surface area contributed by atoms with Crippen LogP contribution < -0.4 is 0 Å². The minimum Gasteiger partial charge on any atom is -0.391 e. The summed E-state index contributed by atoms with van der Waals surface area (Å²) in [6, 6.07) is 0.205. The van der Waals surface area contributed by atoms with Gasteiger partial charge in [-0.1, -0.05) is 0 Å². The lowest BCUT2D eigenvalue weighted by Gasteiger charge is -2.39. The molecule has 2 atom stereocenters. The van der Waals surface area contributed by atoms with Crippen LogP contribution in [-0.2, 0) is 9.53 Å². The van der Waals surface area contributed by atoms with E-state index in [0.717, 1.165) is 52.0 Å². The average Bonchev–Trinajstić information content (AvgIpc) is 2.78. The van der Waals surface area contributed by atoms with E-state index in [9.17, 15) is 9.90 Å². The zero-order valence-electron chi connectivity index (χ0n) is 14.3. The maximum absolute atomic E-state index is 12.7. The molecule has 132 valence electrons. The van der Waals surface area contributed by atoms with Gasteiger partial charge in [0.05, 0.1) is 6.10 Å². The topological polar surface area (TPSA) is 56.2 Å². The normalized spacial score (nSPS) is 32.7. The van der Waals surface area contributed by atoms with Gasteiger partial charge in [0, 0.05) is 64.4 Å². The highest BCUT2D eigenvalue weighted by Crippen LogP contribution is 2.23. The van der Waals surface area contributed by atoms with E-state index in [1.54, 1.807) is 0 Å². The summed E-state index contributed by atoms with van der Waals surface area (Å²) in [5.74, 6) is 0.403. The number of hydrogen-bond donors (Lipinski definition) is 1. The molecule has 0 aromatic carbocycles. The predicted molar refractivity (Wildman–Crippen MR) is 88.2 cm³/mol. The quantitative estimate of drug-likeness (QED) is 0.775. The number of likely N-dealkylation sites (N-methyl/N-ethyl adjacent to an activating group) is 1. The van der Waals surface area contributed by atoms with Gasteiger partial charge in [0.1, 0.15) is 0 Å². The van der Waals surface area contributed by atoms with E-state index in [0.29, 0.717) is 26.2 Å². The summed E-state index contributed by atoms with van der Waals surface area (Å²) in [5, 5.41) is 10.6. The predicted octanol–water partition coefficient (Wildman–Crippen LogP) is 0.0123. The van der Waals surface area contributed by atoms with Gasteiger partial charge in [-0.2, -0.15) is 0 Å². The van der Waals surface area contributed by atoms with Gasteiger partial charge < -0.3 is 19.6 Å². The molecule has 0 radical (unpaired) electrons. The standard InChI is InChI=1S/C17H31N3O3/c1-18-8-10-19(11-9-18)15-2-6-20(7-3-16(15)21)17(22)14-4-12-23-13-5-14/h14-16,21H,2-13H2,1H3/t15-,16-/m0/s1. The molecule has 0 aliphatic carbocycles. The largest absolute Gasteiger partial charge is 0.391 e. The second-order valence-electron chi connectivity index (χ2n) is 7.26. The third kappa shape index (κ3) is 4.24. The lowest BCUT2D eigenvalue weighted by molar-refractivity contribution is -0.138. The van der Waals surface area contributed by atoms with Crippen molar-refractivity contribution in [2.75, 3.05) is 59.5 Å². The number of aliphatic hydroxyl groups is 1. The van der Waals surface area contributed by atoms with E-state index >= 15 is 0 Å². The van der Waals surface area contributed by atoms with Crippen LogP contribution in [0.5, 0.6) is 0 Å². The van der Waals surface area contributed by atoms with Crippen LogP contribution in [0.25, 0.3) is 0 Å². The van der Waals surface area contributed by atoms with Crippen LogP contribution in [0.15, 0.2) is 0 Å². The molecule has 3 fully saturated rings. The maximum atomic E-state index is 12.7. The molecular weight excluding hydrogens is 294 g/mol. The van der Waals surface area contributed by atoms with E-state index in [-0.39, 0.29) is 24.0 Å². The molecule has 0 aromatic heterocycles. The summed E-state index contributed by atoms with van der Waals surface area (Å²) < 4.78 is 5.36. The molecule has 0 bridgehead atoms. The number of carbonyl (C=O) groups is 1. The van der Waals surface area contributed by atoms with Crippen molar-refractivity contribution in [2.45, 2.75) is 37.8 Å². The van der Waals surface area contributed by atoms with Crippen LogP contribution in [0.3, 0.4) is 0 Å². The second-order valence-corrected chi connectivity index (χ2v) is 7.26. The Balaban J connectivity index is 1.55. The number of aliphatic hydroxyl groups excluding tert-OH is 1. The number of likely N-dealkylation sites (tertiary alicyclic amines) is 1. The maximum Gasteiger partial charge on any atom is 0.225 e. The molecule has 1 N–H and O–H groups in total. The van der Waals surface area contributed by atoms with Crippen LogP contribution in [-0.4, -0.2) is 97.4 Å². The molecule has 3 aliphatic rings. The molecule has 3 heterocycles. The van der Waals surface area contributed by atoms with Crippen molar-refractivity contribution in [2.24, 2.45) is 5.92 Å². The second kappa shape index (κ2) is 7.92. The Morgan fingerprint density at radius 3 is 2.30 bits per heavy atom. The van der Waals surface area contributed by atoms with Gasteiger partial charge >= 0.3 is 0 Å². The SMILES string of the molecule is CN1CCN([C@H]2CCN(C(=O)C3CCOCC3)CC[C@@H]2O)CC1. The third-order valence-electron chi connectivity index (χ3n) is 5.72. The zero-order chi connectivity index (χ0) is 16.2. The van der Waals surface area contributed by atoms with E-state index in [4.69, 9.17) is 4.74 Å². The fourth-order valence-corrected chi connectivity index (χ4v) is 4.08. The van der Waals surface area contributed by atoms with Crippen molar-refractivity contribution in [3.05, 3.63) is 0 Å². The van der Waals surface area contributed by atoms with Crippen LogP contribution in [0.2, 0.25) is 0 Å². The highest BCUT2D eigenvalue weighted by Gasteiger charge is 2.34. The summed E-state index contributed by atoms with van der Waals surface area (Å²) >= 11 is 0. The highest BCUT2D eigenvalue weighted by atomic mass is 16.5. The minimum atomic E-state index is -0.314. The Kier molecular flexibility index (Phi) is 5.91. The van der Waals surface area contributed by atoms with Gasteiger partial charge in [0.15, 0.2) is 0 Å². The molecule has 3 saturated heterocycles. The summed E-state index contributed by atoms with van der Waals surface area (Å²) in [6.45, 7) is 7.06. The molecular formula is C17H31N3O3. The van der Waals surface area contributed by atoms with Crippen molar-refractivity contribution in [1.29, 1.82) is 0 Å². The first kappa shape index (κ1) is 17.1.